The van der Waals surface area contributed by atoms with Crippen LogP contribution in [-0.4, -0.2) is 62.4 Å². The minimum atomic E-state index is -0.807. The normalized spacial score (nSPS) is 15.8. The van der Waals surface area contributed by atoms with Crippen molar-refractivity contribution < 1.29 is 24.1 Å². The summed E-state index contributed by atoms with van der Waals surface area (Å²) < 4.78 is 16.0. The van der Waals surface area contributed by atoms with Gasteiger partial charge in [-0.2, -0.15) is 0 Å². The molecule has 7 nitrogen and oxygen atoms in total. The Hall–Kier alpha value is -2.77. The Kier molecular flexibility index (Phi) is 8.55. The molecule has 1 aliphatic heterocycles. The second-order valence-electron chi connectivity index (χ2n) is 7.67. The maximum absolute atomic E-state index is 12.6. The third-order valence-electron chi connectivity index (χ3n) is 5.50. The second kappa shape index (κ2) is 11.6. The summed E-state index contributed by atoms with van der Waals surface area (Å²) in [6, 6.07) is 14.1. The topological polar surface area (TPSA) is 80.3 Å². The third kappa shape index (κ3) is 6.87. The minimum absolute atomic E-state index is 0.148. The molecule has 0 spiro atoms. The molecule has 168 valence electrons. The Bertz CT molecular complexity index is 804. The van der Waals surface area contributed by atoms with Crippen LogP contribution in [0.2, 0.25) is 0 Å². The number of aliphatic hydroxyl groups is 1. The van der Waals surface area contributed by atoms with Gasteiger partial charge in [0.15, 0.2) is 0 Å². The number of rotatable bonds is 11. The van der Waals surface area contributed by atoms with Crippen LogP contribution >= 0.6 is 0 Å². The van der Waals surface area contributed by atoms with Crippen LogP contribution < -0.4 is 19.5 Å². The monoisotopic (exact) mass is 428 g/mol. The van der Waals surface area contributed by atoms with E-state index >= 15 is 0 Å². The van der Waals surface area contributed by atoms with Gasteiger partial charge in [0.2, 0.25) is 5.91 Å². The second-order valence-corrected chi connectivity index (χ2v) is 7.67. The molecule has 0 aromatic heterocycles. The molecule has 1 saturated heterocycles. The van der Waals surface area contributed by atoms with E-state index in [0.29, 0.717) is 12.3 Å². The molecule has 0 unspecified atom stereocenters. The SMILES string of the molecule is COc1ccc(OCCC(=O)N[C@@H](CN2CCCC2)[C@H](O)c2ccc(OC)cc2)cc1. The highest BCUT2D eigenvalue weighted by molar-refractivity contribution is 5.76. The van der Waals surface area contributed by atoms with E-state index in [0.717, 1.165) is 43.0 Å². The molecule has 1 heterocycles. The number of nitrogens with zero attached hydrogens (tertiary/aromatic N) is 1. The zero-order valence-electron chi connectivity index (χ0n) is 18.3. The van der Waals surface area contributed by atoms with Crippen molar-refractivity contribution in [2.75, 3.05) is 40.5 Å². The highest BCUT2D eigenvalue weighted by Crippen LogP contribution is 2.22. The zero-order chi connectivity index (χ0) is 22.1. The number of benzene rings is 2. The molecule has 1 fully saturated rings. The standard InChI is InChI=1S/C24H32N2O5/c1-29-19-7-5-18(6-8-19)24(28)22(17-26-14-3-4-15-26)25-23(27)13-16-31-21-11-9-20(30-2)10-12-21/h5-12,22,24,28H,3-4,13-17H2,1-2H3,(H,25,27)/t22-,24+/m0/s1. The number of carbonyl (C=O) groups is 1. The third-order valence-corrected chi connectivity index (χ3v) is 5.50. The summed E-state index contributed by atoms with van der Waals surface area (Å²) in [6.07, 6.45) is 1.69. The smallest absolute Gasteiger partial charge is 0.223 e. The van der Waals surface area contributed by atoms with Gasteiger partial charge in [0, 0.05) is 6.54 Å². The van der Waals surface area contributed by atoms with E-state index in [1.807, 2.05) is 36.4 Å². The van der Waals surface area contributed by atoms with Gasteiger partial charge >= 0.3 is 0 Å². The average Bonchev–Trinajstić information content (AvgIpc) is 3.32. The number of ether oxygens (including phenoxy) is 3. The van der Waals surface area contributed by atoms with Crippen molar-refractivity contribution >= 4 is 5.91 Å². The summed E-state index contributed by atoms with van der Waals surface area (Å²) >= 11 is 0. The largest absolute Gasteiger partial charge is 0.497 e. The lowest BCUT2D eigenvalue weighted by Crippen LogP contribution is -2.47. The van der Waals surface area contributed by atoms with Crippen molar-refractivity contribution in [3.8, 4) is 17.2 Å². The zero-order valence-corrected chi connectivity index (χ0v) is 18.3. The van der Waals surface area contributed by atoms with Gasteiger partial charge in [-0.3, -0.25) is 4.79 Å². The van der Waals surface area contributed by atoms with E-state index in [-0.39, 0.29) is 18.9 Å². The molecule has 2 atom stereocenters. The maximum atomic E-state index is 12.6. The van der Waals surface area contributed by atoms with Gasteiger partial charge in [-0.1, -0.05) is 12.1 Å². The molecule has 3 rings (SSSR count). The predicted octanol–water partition coefficient (Wildman–Crippen LogP) is 2.79. The minimum Gasteiger partial charge on any atom is -0.497 e. The van der Waals surface area contributed by atoms with Crippen LogP contribution in [0.1, 0.15) is 30.9 Å². The molecule has 0 saturated carbocycles. The maximum Gasteiger partial charge on any atom is 0.223 e. The van der Waals surface area contributed by atoms with Gasteiger partial charge in [-0.25, -0.2) is 0 Å². The number of amides is 1. The first-order chi connectivity index (χ1) is 15.1. The van der Waals surface area contributed by atoms with E-state index in [1.165, 1.54) is 0 Å². The van der Waals surface area contributed by atoms with Crippen molar-refractivity contribution in [1.29, 1.82) is 0 Å². The van der Waals surface area contributed by atoms with Gasteiger partial charge in [0.25, 0.3) is 0 Å². The molecule has 7 heteroatoms. The first kappa shape index (κ1) is 22.9. The Balaban J connectivity index is 1.56. The lowest BCUT2D eigenvalue weighted by Gasteiger charge is -2.29. The highest BCUT2D eigenvalue weighted by atomic mass is 16.5. The highest BCUT2D eigenvalue weighted by Gasteiger charge is 2.26. The molecule has 0 bridgehead atoms. The van der Waals surface area contributed by atoms with Crippen LogP contribution in [0.5, 0.6) is 17.2 Å². The molecule has 2 aromatic carbocycles. The summed E-state index contributed by atoms with van der Waals surface area (Å²) in [5, 5.41) is 14.0. The molecule has 0 aliphatic carbocycles. The molecule has 1 aliphatic rings. The molecular formula is C24H32N2O5. The van der Waals surface area contributed by atoms with Gasteiger partial charge in [0.05, 0.1) is 33.3 Å². The van der Waals surface area contributed by atoms with Crippen molar-refractivity contribution in [1.82, 2.24) is 10.2 Å². The van der Waals surface area contributed by atoms with Gasteiger partial charge in [-0.15, -0.1) is 0 Å². The summed E-state index contributed by atoms with van der Waals surface area (Å²) in [5.74, 6) is 2.01. The number of methoxy groups -OCH3 is 2. The fraction of sp³-hybridized carbons (Fsp3) is 0.458. The van der Waals surface area contributed by atoms with Crippen LogP contribution in [0, 0.1) is 0 Å². The number of likely N-dealkylation sites (tertiary alicyclic amines) is 1. The van der Waals surface area contributed by atoms with Gasteiger partial charge < -0.3 is 29.5 Å². The van der Waals surface area contributed by atoms with Crippen LogP contribution in [0.25, 0.3) is 0 Å². The van der Waals surface area contributed by atoms with Crippen molar-refractivity contribution in [2.24, 2.45) is 0 Å². The summed E-state index contributed by atoms with van der Waals surface area (Å²) in [5.41, 5.74) is 0.750. The molecular weight excluding hydrogens is 396 g/mol. The lowest BCUT2D eigenvalue weighted by molar-refractivity contribution is -0.123. The van der Waals surface area contributed by atoms with Crippen molar-refractivity contribution in [3.63, 3.8) is 0 Å². The Morgan fingerprint density at radius 2 is 1.52 bits per heavy atom. The van der Waals surface area contributed by atoms with Crippen molar-refractivity contribution in [3.05, 3.63) is 54.1 Å². The summed E-state index contributed by atoms with van der Waals surface area (Å²) in [4.78, 5) is 14.9. The van der Waals surface area contributed by atoms with E-state index in [2.05, 4.69) is 10.2 Å². The van der Waals surface area contributed by atoms with Crippen LogP contribution in [0.4, 0.5) is 0 Å². The summed E-state index contributed by atoms with van der Waals surface area (Å²) in [6.45, 7) is 2.84. The Morgan fingerprint density at radius 3 is 2.10 bits per heavy atom. The lowest BCUT2D eigenvalue weighted by atomic mass is 10.0. The fourth-order valence-electron chi connectivity index (χ4n) is 3.71. The molecule has 0 radical (unpaired) electrons. The quantitative estimate of drug-likeness (QED) is 0.573. The Labute approximate surface area is 183 Å². The number of carbonyl (C=O) groups excluding carboxylic acids is 1. The molecule has 2 aromatic rings. The van der Waals surface area contributed by atoms with Crippen LogP contribution in [0.3, 0.4) is 0 Å². The molecule has 31 heavy (non-hydrogen) atoms. The van der Waals surface area contributed by atoms with Crippen LogP contribution in [-0.2, 0) is 4.79 Å². The van der Waals surface area contributed by atoms with Gasteiger partial charge in [-0.05, 0) is 67.9 Å². The van der Waals surface area contributed by atoms with E-state index in [4.69, 9.17) is 14.2 Å². The van der Waals surface area contributed by atoms with E-state index in [9.17, 15) is 9.90 Å². The number of nitrogens with one attached hydrogen (secondary N) is 1. The van der Waals surface area contributed by atoms with E-state index < -0.39 is 12.1 Å². The first-order valence-corrected chi connectivity index (χ1v) is 10.7. The number of hydrogen-bond acceptors (Lipinski definition) is 6. The van der Waals surface area contributed by atoms with Crippen LogP contribution in [0.15, 0.2) is 48.5 Å². The Morgan fingerprint density at radius 1 is 0.968 bits per heavy atom. The number of hydrogen-bond donors (Lipinski definition) is 2. The predicted molar refractivity (Wildman–Crippen MR) is 119 cm³/mol. The van der Waals surface area contributed by atoms with Crippen molar-refractivity contribution in [2.45, 2.75) is 31.4 Å². The van der Waals surface area contributed by atoms with Gasteiger partial charge in [0.1, 0.15) is 23.4 Å². The number of aliphatic hydroxyl groups excluding tert-OH is 1. The average molecular weight is 429 g/mol. The summed E-state index contributed by atoms with van der Waals surface area (Å²) in [7, 11) is 3.22. The molecule has 2 N–H and O–H groups in total. The molecule has 1 amide bonds. The van der Waals surface area contributed by atoms with E-state index in [1.54, 1.807) is 26.4 Å². The fourth-order valence-corrected chi connectivity index (χ4v) is 3.71. The first-order valence-electron chi connectivity index (χ1n) is 10.7.